The maximum Gasteiger partial charge on any atom is 0.254 e. The molecule has 0 radical (unpaired) electrons. The van der Waals surface area contributed by atoms with Crippen LogP contribution in [-0.2, 0) is 12.6 Å². The molecule has 1 aliphatic rings. The van der Waals surface area contributed by atoms with Crippen LogP contribution in [0.15, 0.2) is 71.3 Å². The van der Waals surface area contributed by atoms with Crippen molar-refractivity contribution in [1.29, 1.82) is 0 Å². The number of anilines is 3. The molecule has 5 heteroatoms. The third-order valence-electron chi connectivity index (χ3n) is 8.37. The minimum Gasteiger partial charge on any atom is -0.456 e. The number of para-hydroxylation sites is 3. The van der Waals surface area contributed by atoms with E-state index in [1.54, 1.807) is 0 Å². The lowest BCUT2D eigenvalue weighted by atomic mass is 9.84. The van der Waals surface area contributed by atoms with E-state index in [1.165, 1.54) is 44.9 Å². The zero-order valence-electron chi connectivity index (χ0n) is 23.2. The first-order chi connectivity index (χ1) is 17.6. The molecule has 3 aromatic carbocycles. The molecule has 190 valence electrons. The van der Waals surface area contributed by atoms with Crippen LogP contribution in [0.3, 0.4) is 0 Å². The molecule has 0 bridgehead atoms. The molecule has 0 aliphatic carbocycles. The number of nitrogens with zero attached hydrogens (tertiary/aromatic N) is 4. The number of furan rings is 1. The average molecular weight is 494 g/mol. The molecule has 1 atom stereocenters. The topological polar surface area (TPSA) is 28.4 Å². The fourth-order valence-corrected chi connectivity index (χ4v) is 6.69. The molecule has 3 heterocycles. The van der Waals surface area contributed by atoms with Gasteiger partial charge in [0, 0.05) is 17.7 Å². The van der Waals surface area contributed by atoms with E-state index >= 15 is 0 Å². The van der Waals surface area contributed by atoms with Crippen LogP contribution < -0.4 is 14.4 Å². The highest BCUT2D eigenvalue weighted by Crippen LogP contribution is 2.51. The molecule has 5 nitrogen and oxygen atoms in total. The summed E-state index contributed by atoms with van der Waals surface area (Å²) in [5.41, 5.74) is 6.66. The van der Waals surface area contributed by atoms with E-state index in [0.29, 0.717) is 6.04 Å². The number of imidazole rings is 1. The Balaban J connectivity index is 1.57. The van der Waals surface area contributed by atoms with Crippen molar-refractivity contribution in [3.63, 3.8) is 0 Å². The molecular formula is C32H37N4O+. The summed E-state index contributed by atoms with van der Waals surface area (Å²) >= 11 is 0. The molecule has 6 rings (SSSR count). The van der Waals surface area contributed by atoms with E-state index in [2.05, 4.69) is 135 Å². The summed E-state index contributed by atoms with van der Waals surface area (Å²) in [5, 5.41) is 2.40. The van der Waals surface area contributed by atoms with Crippen LogP contribution in [0.4, 0.5) is 17.2 Å². The third-order valence-corrected chi connectivity index (χ3v) is 8.37. The Labute approximate surface area is 219 Å². The van der Waals surface area contributed by atoms with Gasteiger partial charge in [-0.15, -0.1) is 0 Å². The Bertz CT molecular complexity index is 1650. The Kier molecular flexibility index (Phi) is 5.20. The number of hydrogen-bond acceptors (Lipinski definition) is 3. The lowest BCUT2D eigenvalue weighted by Crippen LogP contribution is -2.49. The lowest BCUT2D eigenvalue weighted by molar-refractivity contribution is -0.721. The molecule has 0 amide bonds. The summed E-state index contributed by atoms with van der Waals surface area (Å²) in [4.78, 5) is 5.08. The van der Waals surface area contributed by atoms with Crippen molar-refractivity contribution >= 4 is 39.1 Å². The number of aromatic nitrogens is 2. The summed E-state index contributed by atoms with van der Waals surface area (Å²) in [7, 11) is 2.18. The molecular weight excluding hydrogens is 456 g/mol. The van der Waals surface area contributed by atoms with E-state index in [1.807, 2.05) is 6.07 Å². The van der Waals surface area contributed by atoms with Crippen molar-refractivity contribution in [3.8, 4) is 0 Å². The summed E-state index contributed by atoms with van der Waals surface area (Å²) in [5.74, 6) is 2.45. The van der Waals surface area contributed by atoms with Gasteiger partial charge in [0.1, 0.15) is 17.3 Å². The monoisotopic (exact) mass is 493 g/mol. The number of benzene rings is 3. The molecule has 0 saturated carbocycles. The molecule has 0 saturated heterocycles. The molecule has 0 spiro atoms. The first-order valence-electron chi connectivity index (χ1n) is 13.3. The highest BCUT2D eigenvalue weighted by atomic mass is 16.3. The quantitative estimate of drug-likeness (QED) is 0.241. The van der Waals surface area contributed by atoms with Crippen LogP contribution in [-0.4, -0.2) is 10.7 Å². The standard InChI is InChI=1S/C32H37N4O/c1-20(2)34-19-29(33(8)22(34)4)35-23(5)36(26-15-11-10-14-25(26)35)32(6,7)31-21(3)17-18-28-30(31)24-13-9-12-16-27(24)37-28/h9-20,23H,1-8H3/q+1/t23-/m1/s1. The van der Waals surface area contributed by atoms with E-state index in [9.17, 15) is 0 Å². The minimum atomic E-state index is -0.311. The van der Waals surface area contributed by atoms with Crippen LogP contribution in [0, 0.1) is 13.8 Å². The fraction of sp³-hybridized carbons (Fsp3) is 0.344. The van der Waals surface area contributed by atoms with Gasteiger partial charge in [-0.2, -0.15) is 0 Å². The van der Waals surface area contributed by atoms with E-state index in [-0.39, 0.29) is 11.7 Å². The van der Waals surface area contributed by atoms with Crippen LogP contribution in [0.5, 0.6) is 0 Å². The molecule has 5 aromatic rings. The van der Waals surface area contributed by atoms with Gasteiger partial charge in [0.15, 0.2) is 6.20 Å². The van der Waals surface area contributed by atoms with Gasteiger partial charge in [0.25, 0.3) is 5.82 Å². The summed E-state index contributed by atoms with van der Waals surface area (Å²) in [6, 6.07) is 22.0. The highest BCUT2D eigenvalue weighted by molar-refractivity contribution is 6.08. The largest absolute Gasteiger partial charge is 0.456 e. The number of aryl methyl sites for hydroxylation is 1. The summed E-state index contributed by atoms with van der Waals surface area (Å²) in [6.07, 6.45) is 2.41. The van der Waals surface area contributed by atoms with Gasteiger partial charge in [0.05, 0.1) is 30.0 Å². The van der Waals surface area contributed by atoms with Gasteiger partial charge in [-0.25, -0.2) is 9.13 Å². The zero-order chi connectivity index (χ0) is 26.2. The van der Waals surface area contributed by atoms with Gasteiger partial charge in [0.2, 0.25) is 5.82 Å². The van der Waals surface area contributed by atoms with Crippen LogP contribution in [0.25, 0.3) is 21.9 Å². The number of fused-ring (bicyclic) bond motifs is 4. The molecule has 37 heavy (non-hydrogen) atoms. The maximum absolute atomic E-state index is 6.31. The second-order valence-corrected chi connectivity index (χ2v) is 11.2. The molecule has 0 unspecified atom stereocenters. The van der Waals surface area contributed by atoms with Crippen molar-refractivity contribution < 1.29 is 8.98 Å². The average Bonchev–Trinajstić information content (AvgIpc) is 3.48. The predicted octanol–water partition coefficient (Wildman–Crippen LogP) is 7.65. The Hall–Kier alpha value is -3.73. The molecule has 1 aliphatic heterocycles. The lowest BCUT2D eigenvalue weighted by Gasteiger charge is -2.43. The van der Waals surface area contributed by atoms with Crippen LogP contribution >= 0.6 is 0 Å². The van der Waals surface area contributed by atoms with Crippen molar-refractivity contribution in [2.24, 2.45) is 7.05 Å². The van der Waals surface area contributed by atoms with Crippen molar-refractivity contribution in [1.82, 2.24) is 4.57 Å². The zero-order valence-corrected chi connectivity index (χ0v) is 23.2. The Morgan fingerprint density at radius 2 is 1.57 bits per heavy atom. The normalized spacial score (nSPS) is 16.0. The second kappa shape index (κ2) is 8.14. The van der Waals surface area contributed by atoms with E-state index in [0.717, 1.165) is 11.2 Å². The van der Waals surface area contributed by atoms with Crippen molar-refractivity contribution in [2.75, 3.05) is 9.80 Å². The van der Waals surface area contributed by atoms with Gasteiger partial charge in [-0.3, -0.25) is 4.90 Å². The first-order valence-corrected chi connectivity index (χ1v) is 13.3. The van der Waals surface area contributed by atoms with E-state index < -0.39 is 0 Å². The highest BCUT2D eigenvalue weighted by Gasteiger charge is 2.46. The van der Waals surface area contributed by atoms with Gasteiger partial charge in [-0.1, -0.05) is 36.4 Å². The number of hydrogen-bond donors (Lipinski definition) is 0. The van der Waals surface area contributed by atoms with Crippen molar-refractivity contribution in [2.45, 2.75) is 66.2 Å². The van der Waals surface area contributed by atoms with Gasteiger partial charge >= 0.3 is 0 Å². The SMILES string of the molecule is Cc1ccc2oc3ccccc3c2c1C(C)(C)N1c2ccccc2N(c2c[n+](C(C)C)c(C)n2C)[C@H]1C. The predicted molar refractivity (Wildman–Crippen MR) is 153 cm³/mol. The molecule has 0 fully saturated rings. The molecule has 2 aromatic heterocycles. The van der Waals surface area contributed by atoms with E-state index in [4.69, 9.17) is 4.42 Å². The third kappa shape index (κ3) is 3.26. The Morgan fingerprint density at radius 3 is 2.27 bits per heavy atom. The second-order valence-electron chi connectivity index (χ2n) is 11.2. The fourth-order valence-electron chi connectivity index (χ4n) is 6.69. The number of rotatable bonds is 4. The van der Waals surface area contributed by atoms with Crippen molar-refractivity contribution in [3.05, 3.63) is 83.8 Å². The van der Waals surface area contributed by atoms with Crippen LogP contribution in [0.2, 0.25) is 0 Å². The summed E-state index contributed by atoms with van der Waals surface area (Å²) < 4.78 is 11.0. The van der Waals surface area contributed by atoms with Crippen LogP contribution in [0.1, 0.15) is 57.6 Å². The first kappa shape index (κ1) is 23.7. The minimum absolute atomic E-state index is 0.105. The smallest absolute Gasteiger partial charge is 0.254 e. The Morgan fingerprint density at radius 1 is 0.892 bits per heavy atom. The summed E-state index contributed by atoms with van der Waals surface area (Å²) in [6.45, 7) is 16.0. The maximum atomic E-state index is 6.31. The van der Waals surface area contributed by atoms with Gasteiger partial charge < -0.3 is 9.32 Å². The molecule has 0 N–H and O–H groups in total. The van der Waals surface area contributed by atoms with Gasteiger partial charge in [-0.05, 0) is 76.9 Å².